The Kier molecular flexibility index (Phi) is 5.69. The molecule has 0 spiro atoms. The topological polar surface area (TPSA) is 64.0 Å². The highest BCUT2D eigenvalue weighted by Gasteiger charge is 2.12. The molecule has 0 unspecified atom stereocenters. The van der Waals surface area contributed by atoms with Crippen molar-refractivity contribution in [2.45, 2.75) is 39.8 Å². The molecule has 0 fully saturated rings. The number of aromatic nitrogens is 2. The Morgan fingerprint density at radius 3 is 2.48 bits per heavy atom. The summed E-state index contributed by atoms with van der Waals surface area (Å²) in [7, 11) is 0. The minimum Gasteiger partial charge on any atom is -0.348 e. The fourth-order valence-corrected chi connectivity index (χ4v) is 3.16. The lowest BCUT2D eigenvalue weighted by atomic mass is 10.00. The quantitative estimate of drug-likeness (QED) is 0.729. The molecule has 0 bridgehead atoms. The molecular weight excluding hydrogens is 338 g/mol. The maximum atomic E-state index is 12.5. The Morgan fingerprint density at radius 1 is 1.07 bits per heavy atom. The van der Waals surface area contributed by atoms with E-state index in [1.807, 2.05) is 25.1 Å². The highest BCUT2D eigenvalue weighted by molar-refractivity contribution is 5.79. The molecule has 5 nitrogen and oxygen atoms in total. The second kappa shape index (κ2) is 8.16. The standard InChI is InChI=1S/C22H25N3O2/c1-15(2)12-17-8-10-18(11-9-17)16(3)24-21(26)13-25-14-23-20-7-5-4-6-19(20)22(25)27/h4-11,14-16H,12-13H2,1-3H3,(H,24,26)/t16-/m1/s1. The zero-order chi connectivity index (χ0) is 19.4. The van der Waals surface area contributed by atoms with E-state index in [0.29, 0.717) is 16.8 Å². The SMILES string of the molecule is CC(C)Cc1ccc([C@@H](C)NC(=O)Cn2cnc3ccccc3c2=O)cc1. The largest absolute Gasteiger partial charge is 0.348 e. The number of nitrogens with one attached hydrogen (secondary N) is 1. The van der Waals surface area contributed by atoms with Crippen LogP contribution in [-0.2, 0) is 17.8 Å². The fraction of sp³-hybridized carbons (Fsp3) is 0.318. The molecule has 0 aliphatic rings. The van der Waals surface area contributed by atoms with E-state index in [0.717, 1.165) is 12.0 Å². The van der Waals surface area contributed by atoms with Crippen molar-refractivity contribution in [2.24, 2.45) is 5.92 Å². The van der Waals surface area contributed by atoms with Gasteiger partial charge in [-0.25, -0.2) is 4.98 Å². The van der Waals surface area contributed by atoms with Gasteiger partial charge in [0, 0.05) is 0 Å². The molecule has 2 aromatic carbocycles. The molecule has 140 valence electrons. The number of carbonyl (C=O) groups is 1. The molecular formula is C22H25N3O2. The third kappa shape index (κ3) is 4.61. The molecule has 3 aromatic rings. The van der Waals surface area contributed by atoms with E-state index < -0.39 is 0 Å². The van der Waals surface area contributed by atoms with Crippen molar-refractivity contribution < 1.29 is 4.79 Å². The highest BCUT2D eigenvalue weighted by Crippen LogP contribution is 2.15. The van der Waals surface area contributed by atoms with E-state index in [4.69, 9.17) is 0 Å². The molecule has 1 amide bonds. The van der Waals surface area contributed by atoms with Gasteiger partial charge in [0.2, 0.25) is 5.91 Å². The number of nitrogens with zero attached hydrogens (tertiary/aromatic N) is 2. The van der Waals surface area contributed by atoms with E-state index in [9.17, 15) is 9.59 Å². The molecule has 0 radical (unpaired) electrons. The molecule has 5 heteroatoms. The molecule has 3 rings (SSSR count). The van der Waals surface area contributed by atoms with Gasteiger partial charge in [-0.2, -0.15) is 0 Å². The number of amides is 1. The second-order valence-corrected chi connectivity index (χ2v) is 7.32. The first-order valence-electron chi connectivity index (χ1n) is 9.26. The first-order chi connectivity index (χ1) is 12.9. The summed E-state index contributed by atoms with van der Waals surface area (Å²) in [6, 6.07) is 15.3. The zero-order valence-electron chi connectivity index (χ0n) is 16.0. The predicted molar refractivity (Wildman–Crippen MR) is 108 cm³/mol. The maximum absolute atomic E-state index is 12.5. The summed E-state index contributed by atoms with van der Waals surface area (Å²) in [5, 5.41) is 3.47. The molecule has 0 saturated heterocycles. The number of para-hydroxylation sites is 1. The molecule has 27 heavy (non-hydrogen) atoms. The average molecular weight is 363 g/mol. The van der Waals surface area contributed by atoms with Crippen LogP contribution in [0.2, 0.25) is 0 Å². The Hall–Kier alpha value is -2.95. The number of hydrogen-bond acceptors (Lipinski definition) is 3. The molecule has 1 atom stereocenters. The number of carbonyl (C=O) groups excluding carboxylic acids is 1. The monoisotopic (exact) mass is 363 g/mol. The van der Waals surface area contributed by atoms with Crippen LogP contribution in [0, 0.1) is 5.92 Å². The van der Waals surface area contributed by atoms with E-state index >= 15 is 0 Å². The van der Waals surface area contributed by atoms with Gasteiger partial charge in [0.05, 0.1) is 23.3 Å². The summed E-state index contributed by atoms with van der Waals surface area (Å²) < 4.78 is 1.34. The van der Waals surface area contributed by atoms with Crippen molar-refractivity contribution in [1.29, 1.82) is 0 Å². The van der Waals surface area contributed by atoms with Crippen LogP contribution in [0.4, 0.5) is 0 Å². The molecule has 0 aliphatic carbocycles. The smallest absolute Gasteiger partial charge is 0.261 e. The van der Waals surface area contributed by atoms with Gasteiger partial charge in [-0.05, 0) is 42.5 Å². The summed E-state index contributed by atoms with van der Waals surface area (Å²) in [5.74, 6) is 0.398. The zero-order valence-corrected chi connectivity index (χ0v) is 16.0. The van der Waals surface area contributed by atoms with E-state index in [-0.39, 0.29) is 24.1 Å². The van der Waals surface area contributed by atoms with Gasteiger partial charge < -0.3 is 5.32 Å². The van der Waals surface area contributed by atoms with Crippen LogP contribution in [0.25, 0.3) is 10.9 Å². The number of fused-ring (bicyclic) bond motifs is 1. The molecule has 1 heterocycles. The van der Waals surface area contributed by atoms with Gasteiger partial charge in [-0.15, -0.1) is 0 Å². The van der Waals surface area contributed by atoms with Crippen LogP contribution in [-0.4, -0.2) is 15.5 Å². The van der Waals surface area contributed by atoms with Crippen LogP contribution in [0.3, 0.4) is 0 Å². The normalized spacial score (nSPS) is 12.3. The molecule has 1 N–H and O–H groups in total. The van der Waals surface area contributed by atoms with Crippen LogP contribution in [0.5, 0.6) is 0 Å². The Labute approximate surface area is 159 Å². The van der Waals surface area contributed by atoms with Crippen molar-refractivity contribution in [3.05, 3.63) is 76.3 Å². The lowest BCUT2D eigenvalue weighted by Crippen LogP contribution is -2.34. The van der Waals surface area contributed by atoms with E-state index in [2.05, 4.69) is 36.3 Å². The molecule has 0 saturated carbocycles. The summed E-state index contributed by atoms with van der Waals surface area (Å²) >= 11 is 0. The van der Waals surface area contributed by atoms with Crippen molar-refractivity contribution in [2.75, 3.05) is 0 Å². The van der Waals surface area contributed by atoms with E-state index in [1.54, 1.807) is 18.2 Å². The first kappa shape index (κ1) is 18.8. The van der Waals surface area contributed by atoms with Crippen LogP contribution >= 0.6 is 0 Å². The predicted octanol–water partition coefficient (Wildman–Crippen LogP) is 3.47. The van der Waals surface area contributed by atoms with Crippen LogP contribution in [0.1, 0.15) is 37.9 Å². The van der Waals surface area contributed by atoms with Crippen LogP contribution in [0.15, 0.2) is 59.7 Å². The Balaban J connectivity index is 1.67. The van der Waals surface area contributed by atoms with Crippen molar-refractivity contribution >= 4 is 16.8 Å². The maximum Gasteiger partial charge on any atom is 0.261 e. The summed E-state index contributed by atoms with van der Waals surface area (Å²) in [5.41, 5.74) is 2.76. The van der Waals surface area contributed by atoms with Gasteiger partial charge in [0.1, 0.15) is 6.54 Å². The Morgan fingerprint density at radius 2 is 1.78 bits per heavy atom. The second-order valence-electron chi connectivity index (χ2n) is 7.32. The number of rotatable bonds is 6. The minimum absolute atomic E-state index is 0.0492. The molecule has 0 aliphatic heterocycles. The Bertz CT molecular complexity index is 990. The van der Waals surface area contributed by atoms with Crippen molar-refractivity contribution in [1.82, 2.24) is 14.9 Å². The third-order valence-electron chi connectivity index (χ3n) is 4.55. The third-order valence-corrected chi connectivity index (χ3v) is 4.55. The number of hydrogen-bond donors (Lipinski definition) is 1. The van der Waals surface area contributed by atoms with Gasteiger partial charge in [0.15, 0.2) is 0 Å². The summed E-state index contributed by atoms with van der Waals surface area (Å²) in [4.78, 5) is 29.1. The lowest BCUT2D eigenvalue weighted by Gasteiger charge is -2.16. The lowest BCUT2D eigenvalue weighted by molar-refractivity contribution is -0.122. The van der Waals surface area contributed by atoms with E-state index in [1.165, 1.54) is 16.5 Å². The van der Waals surface area contributed by atoms with Crippen molar-refractivity contribution in [3.63, 3.8) is 0 Å². The summed E-state index contributed by atoms with van der Waals surface area (Å²) in [6.45, 7) is 6.28. The van der Waals surface area contributed by atoms with Gasteiger partial charge >= 0.3 is 0 Å². The molecule has 1 aromatic heterocycles. The van der Waals surface area contributed by atoms with Crippen LogP contribution < -0.4 is 10.9 Å². The van der Waals surface area contributed by atoms with Gasteiger partial charge in [-0.3, -0.25) is 14.2 Å². The first-order valence-corrected chi connectivity index (χ1v) is 9.26. The fourth-order valence-electron chi connectivity index (χ4n) is 3.16. The minimum atomic E-state index is -0.215. The highest BCUT2D eigenvalue weighted by atomic mass is 16.2. The van der Waals surface area contributed by atoms with Gasteiger partial charge in [-0.1, -0.05) is 50.2 Å². The van der Waals surface area contributed by atoms with Gasteiger partial charge in [0.25, 0.3) is 5.56 Å². The summed E-state index contributed by atoms with van der Waals surface area (Å²) in [6.07, 6.45) is 2.47. The average Bonchev–Trinajstić information content (AvgIpc) is 2.64. The number of benzene rings is 2. The van der Waals surface area contributed by atoms with Crippen molar-refractivity contribution in [3.8, 4) is 0 Å².